The first-order valence-electron chi connectivity index (χ1n) is 3.70. The van der Waals surface area contributed by atoms with E-state index in [0.717, 1.165) is 0 Å². The number of primary amides is 1. The lowest BCUT2D eigenvalue weighted by Gasteiger charge is -2.36. The van der Waals surface area contributed by atoms with Crippen LogP contribution in [0.4, 0.5) is 0 Å². The Hall–Kier alpha value is -1.16. The molecular weight excluding hydrogens is 176 g/mol. The van der Waals surface area contributed by atoms with Gasteiger partial charge in [-0.15, -0.1) is 0 Å². The van der Waals surface area contributed by atoms with Gasteiger partial charge in [0.15, 0.2) is 5.41 Å². The molecule has 0 aliphatic carbocycles. The van der Waals surface area contributed by atoms with Crippen LogP contribution in [0.2, 0.25) is 0 Å². The van der Waals surface area contributed by atoms with Gasteiger partial charge >= 0.3 is 0 Å². The summed E-state index contributed by atoms with van der Waals surface area (Å²) in [5.41, 5.74) is 3.02. The van der Waals surface area contributed by atoms with Gasteiger partial charge in [-0.3, -0.25) is 4.79 Å². The first kappa shape index (κ1) is 9.92. The molecule has 1 aliphatic heterocycles. The second kappa shape index (κ2) is 3.30. The van der Waals surface area contributed by atoms with Crippen LogP contribution in [0.1, 0.15) is 0 Å². The van der Waals surface area contributed by atoms with Crippen LogP contribution >= 0.6 is 0 Å². The molecule has 4 N–H and O–H groups in total. The Labute approximate surface area is 74.5 Å². The van der Waals surface area contributed by atoms with E-state index >= 15 is 0 Å². The van der Waals surface area contributed by atoms with Crippen molar-refractivity contribution < 1.29 is 19.7 Å². The maximum Gasteiger partial charge on any atom is 0.243 e. The smallest absolute Gasteiger partial charge is 0.243 e. The number of nitrogens with zero attached hydrogens (tertiary/aromatic N) is 1. The summed E-state index contributed by atoms with van der Waals surface area (Å²) in [4.78, 5) is 11.0. The maximum absolute atomic E-state index is 11.0. The normalized spacial score (nSPS) is 39.5. The Morgan fingerprint density at radius 1 is 1.54 bits per heavy atom. The number of aliphatic hydroxyl groups is 2. The van der Waals surface area contributed by atoms with Gasteiger partial charge in [-0.1, -0.05) is 0 Å². The molecule has 72 valence electrons. The fourth-order valence-electron chi connectivity index (χ4n) is 1.31. The molecule has 0 radical (unpaired) electrons. The first-order chi connectivity index (χ1) is 6.05. The van der Waals surface area contributed by atoms with Gasteiger partial charge in [-0.25, -0.2) is 0 Å². The average Bonchev–Trinajstić information content (AvgIpc) is 2.05. The fourth-order valence-corrected chi connectivity index (χ4v) is 1.31. The number of carbonyl (C=O) groups excluding carboxylic acids is 1. The molecule has 0 aromatic rings. The summed E-state index contributed by atoms with van der Waals surface area (Å²) in [5.74, 6) is -1.03. The van der Waals surface area contributed by atoms with Crippen molar-refractivity contribution in [3.63, 3.8) is 0 Å². The maximum atomic E-state index is 11.0. The third-order valence-electron chi connectivity index (χ3n) is 2.20. The number of amides is 1. The van der Waals surface area contributed by atoms with Crippen molar-refractivity contribution in [3.05, 3.63) is 0 Å². The number of aliphatic hydroxyl groups excluding tert-OH is 2. The molecule has 1 heterocycles. The number of nitrogens with two attached hydrogens (primary N) is 1. The number of nitriles is 1. The van der Waals surface area contributed by atoms with Gasteiger partial charge in [-0.05, 0) is 0 Å². The molecule has 3 atom stereocenters. The van der Waals surface area contributed by atoms with E-state index in [4.69, 9.17) is 15.7 Å². The monoisotopic (exact) mass is 186 g/mol. The predicted octanol–water partition coefficient (Wildman–Crippen LogP) is -2.27. The molecule has 1 unspecified atom stereocenters. The lowest BCUT2D eigenvalue weighted by molar-refractivity contribution is -0.165. The van der Waals surface area contributed by atoms with Gasteiger partial charge in [0, 0.05) is 0 Å². The largest absolute Gasteiger partial charge is 0.388 e. The number of rotatable bonds is 1. The Morgan fingerprint density at radius 3 is 2.23 bits per heavy atom. The van der Waals surface area contributed by atoms with E-state index < -0.39 is 23.5 Å². The zero-order valence-corrected chi connectivity index (χ0v) is 6.80. The van der Waals surface area contributed by atoms with Crippen molar-refractivity contribution in [1.82, 2.24) is 0 Å². The number of hydrogen-bond donors (Lipinski definition) is 3. The minimum absolute atomic E-state index is 0.173. The second-order valence-electron chi connectivity index (χ2n) is 2.91. The number of ether oxygens (including phenoxy) is 1. The molecular formula is C7H10N2O4. The van der Waals surface area contributed by atoms with Crippen molar-refractivity contribution >= 4 is 5.91 Å². The molecule has 1 fully saturated rings. The minimum atomic E-state index is -1.93. The minimum Gasteiger partial charge on any atom is -0.388 e. The molecule has 0 bridgehead atoms. The van der Waals surface area contributed by atoms with Crippen LogP contribution < -0.4 is 5.73 Å². The SMILES string of the molecule is N#CC1(C(N)=O)[C@H](O)COC[C@@H]1O. The highest BCUT2D eigenvalue weighted by Crippen LogP contribution is 2.29. The van der Waals surface area contributed by atoms with Crippen LogP contribution in [0.25, 0.3) is 0 Å². The molecule has 6 nitrogen and oxygen atoms in total. The molecule has 1 aliphatic rings. The molecule has 6 heteroatoms. The second-order valence-corrected chi connectivity index (χ2v) is 2.91. The molecule has 13 heavy (non-hydrogen) atoms. The summed E-state index contributed by atoms with van der Waals surface area (Å²) in [5, 5.41) is 27.4. The molecule has 0 aromatic heterocycles. The Kier molecular flexibility index (Phi) is 2.52. The van der Waals surface area contributed by atoms with E-state index in [2.05, 4.69) is 0 Å². The Morgan fingerprint density at radius 2 is 2.00 bits per heavy atom. The summed E-state index contributed by atoms with van der Waals surface area (Å²) in [7, 11) is 0. The van der Waals surface area contributed by atoms with Crippen molar-refractivity contribution in [2.45, 2.75) is 12.2 Å². The zero-order chi connectivity index (χ0) is 10.1. The quantitative estimate of drug-likeness (QED) is 0.427. The van der Waals surface area contributed by atoms with Crippen molar-refractivity contribution in [3.8, 4) is 6.07 Å². The molecule has 0 saturated carbocycles. The summed E-state index contributed by atoms with van der Waals surface area (Å²) in [6.07, 6.45) is -2.75. The van der Waals surface area contributed by atoms with E-state index in [1.54, 1.807) is 6.07 Å². The summed E-state index contributed by atoms with van der Waals surface area (Å²) >= 11 is 0. The summed E-state index contributed by atoms with van der Waals surface area (Å²) < 4.78 is 4.74. The number of hydrogen-bond acceptors (Lipinski definition) is 5. The highest BCUT2D eigenvalue weighted by molar-refractivity contribution is 5.85. The van der Waals surface area contributed by atoms with Crippen LogP contribution in [0.5, 0.6) is 0 Å². The Balaban J connectivity index is 3.05. The van der Waals surface area contributed by atoms with Gasteiger partial charge in [0.25, 0.3) is 0 Å². The van der Waals surface area contributed by atoms with E-state index in [1.807, 2.05) is 0 Å². The van der Waals surface area contributed by atoms with Gasteiger partial charge in [0.05, 0.1) is 19.3 Å². The van der Waals surface area contributed by atoms with Crippen LogP contribution in [0, 0.1) is 16.7 Å². The van der Waals surface area contributed by atoms with Crippen molar-refractivity contribution in [2.24, 2.45) is 11.1 Å². The third kappa shape index (κ3) is 1.27. The van der Waals surface area contributed by atoms with E-state index in [0.29, 0.717) is 0 Å². The molecule has 1 amide bonds. The highest BCUT2D eigenvalue weighted by atomic mass is 16.5. The van der Waals surface area contributed by atoms with E-state index in [-0.39, 0.29) is 13.2 Å². The molecule has 0 aromatic carbocycles. The Bertz CT molecular complexity index is 250. The lowest BCUT2D eigenvalue weighted by Crippen LogP contribution is -2.59. The third-order valence-corrected chi connectivity index (χ3v) is 2.20. The zero-order valence-electron chi connectivity index (χ0n) is 6.80. The average molecular weight is 186 g/mol. The first-order valence-corrected chi connectivity index (χ1v) is 3.70. The van der Waals surface area contributed by atoms with Gasteiger partial charge in [0.2, 0.25) is 5.91 Å². The number of carbonyl (C=O) groups is 1. The van der Waals surface area contributed by atoms with Crippen LogP contribution in [-0.4, -0.2) is 41.5 Å². The highest BCUT2D eigenvalue weighted by Gasteiger charge is 2.53. The lowest BCUT2D eigenvalue weighted by atomic mass is 9.76. The molecule has 0 spiro atoms. The van der Waals surface area contributed by atoms with Crippen LogP contribution in [0.15, 0.2) is 0 Å². The van der Waals surface area contributed by atoms with Gasteiger partial charge in [-0.2, -0.15) is 5.26 Å². The van der Waals surface area contributed by atoms with E-state index in [9.17, 15) is 15.0 Å². The van der Waals surface area contributed by atoms with Crippen LogP contribution in [-0.2, 0) is 9.53 Å². The fraction of sp³-hybridized carbons (Fsp3) is 0.714. The van der Waals surface area contributed by atoms with Gasteiger partial charge in [0.1, 0.15) is 12.2 Å². The van der Waals surface area contributed by atoms with Crippen molar-refractivity contribution in [1.29, 1.82) is 5.26 Å². The van der Waals surface area contributed by atoms with Gasteiger partial charge < -0.3 is 20.7 Å². The summed E-state index contributed by atoms with van der Waals surface area (Å²) in [6, 6.07) is 1.56. The standard InChI is InChI=1S/C7H10N2O4/c8-3-7(6(9)12)4(10)1-13-2-5(7)11/h4-5,10-11H,1-2H2,(H2,9,12)/t4-,5+,7?. The molecule has 1 saturated heterocycles. The van der Waals surface area contributed by atoms with Crippen molar-refractivity contribution in [2.75, 3.05) is 13.2 Å². The van der Waals surface area contributed by atoms with E-state index in [1.165, 1.54) is 0 Å². The topological polar surface area (TPSA) is 117 Å². The predicted molar refractivity (Wildman–Crippen MR) is 40.1 cm³/mol. The summed E-state index contributed by atoms with van der Waals surface area (Å²) in [6.45, 7) is -0.346. The van der Waals surface area contributed by atoms with Crippen LogP contribution in [0.3, 0.4) is 0 Å². The molecule has 1 rings (SSSR count).